The summed E-state index contributed by atoms with van der Waals surface area (Å²) in [5.41, 5.74) is 2.56. The first-order valence-corrected chi connectivity index (χ1v) is 17.6. The Balaban J connectivity index is 1.37. The molecular formula is C36H38BrF2NO3Si. The van der Waals surface area contributed by atoms with Gasteiger partial charge in [-0.15, -0.1) is 0 Å². The van der Waals surface area contributed by atoms with Crippen molar-refractivity contribution in [2.45, 2.75) is 57.2 Å². The summed E-state index contributed by atoms with van der Waals surface area (Å²) in [4.78, 5) is 1.84. The van der Waals surface area contributed by atoms with Crippen molar-refractivity contribution < 1.29 is 25.4 Å². The molecule has 2 atom stereocenters. The maximum absolute atomic E-state index is 16.5. The fraction of sp³-hybridized carbons (Fsp3) is 0.333. The zero-order valence-corrected chi connectivity index (χ0v) is 27.9. The highest BCUT2D eigenvalue weighted by Gasteiger charge is 2.52. The third-order valence-corrected chi connectivity index (χ3v) is 14.2. The number of hydrogen-bond donors (Lipinski definition) is 0. The second kappa shape index (κ2) is 12.0. The molecule has 0 spiro atoms. The van der Waals surface area contributed by atoms with Crippen LogP contribution in [0.1, 0.15) is 53.2 Å². The van der Waals surface area contributed by atoms with Gasteiger partial charge < -0.3 is 13.9 Å². The third-order valence-electron chi connectivity index (χ3n) is 8.73. The number of rotatable bonds is 8. The average molecular weight is 681 g/mol. The molecule has 2 aliphatic heterocycles. The first kappa shape index (κ1) is 28.4. The molecule has 0 aromatic heterocycles. The van der Waals surface area contributed by atoms with Crippen molar-refractivity contribution >= 4 is 34.6 Å². The first-order valence-electron chi connectivity index (χ1n) is 15.9. The standard InChI is InChI=1S/C36H38BrF2NO3Si/c1-25-19-27-20-32-33(42-24-41-32)21-31(27)34(26-15-17-28(37)18-16-26)40(25)22-36(38,39)23-43-44(35(2,3)4,29-11-7-5-8-12-29)30-13-9-6-10-14-30/h5-18,20-21,25,34H,19,22-24H2,1-4H3/t25-,34+/m1/s1/i24D2. The van der Waals surface area contributed by atoms with Gasteiger partial charge in [0.05, 0.1) is 19.2 Å². The van der Waals surface area contributed by atoms with Crippen molar-refractivity contribution in [3.05, 3.63) is 118 Å². The Kier molecular flexibility index (Phi) is 7.78. The minimum Gasteiger partial charge on any atom is -0.454 e. The Bertz CT molecular complexity index is 1650. The largest absolute Gasteiger partial charge is 0.454 e. The lowest BCUT2D eigenvalue weighted by atomic mass is 9.84. The minimum absolute atomic E-state index is 0.253. The van der Waals surface area contributed by atoms with E-state index in [4.69, 9.17) is 16.6 Å². The van der Waals surface area contributed by atoms with Gasteiger partial charge >= 0.3 is 0 Å². The molecule has 0 fully saturated rings. The van der Waals surface area contributed by atoms with E-state index in [-0.39, 0.29) is 11.8 Å². The molecule has 2 aliphatic rings. The van der Waals surface area contributed by atoms with Gasteiger partial charge in [0.2, 0.25) is 6.75 Å². The molecule has 0 aliphatic carbocycles. The maximum atomic E-state index is 16.5. The Hall–Kier alpha value is -3.04. The SMILES string of the molecule is [2H]C1([2H])Oc2cc3c(cc2O1)[C@H](c1ccc(Br)cc1)N(CC(F)(F)CO[Si](c1ccccc1)(c1ccccc1)C(C)(C)C)[C@H](C)C3. The van der Waals surface area contributed by atoms with E-state index in [2.05, 4.69) is 36.7 Å². The summed E-state index contributed by atoms with van der Waals surface area (Å²) < 4.78 is 67.4. The molecule has 0 unspecified atom stereocenters. The fourth-order valence-electron chi connectivity index (χ4n) is 6.74. The van der Waals surface area contributed by atoms with E-state index < -0.39 is 45.2 Å². The van der Waals surface area contributed by atoms with Crippen LogP contribution in [0.25, 0.3) is 0 Å². The summed E-state index contributed by atoms with van der Waals surface area (Å²) in [6, 6.07) is 30.1. The Labute approximate surface area is 271 Å². The molecule has 4 nitrogen and oxygen atoms in total. The van der Waals surface area contributed by atoms with Crippen LogP contribution < -0.4 is 19.8 Å². The number of alkyl halides is 2. The molecule has 4 aromatic rings. The van der Waals surface area contributed by atoms with E-state index in [1.54, 1.807) is 12.1 Å². The summed E-state index contributed by atoms with van der Waals surface area (Å²) in [5, 5.41) is 1.47. The van der Waals surface area contributed by atoms with Gasteiger partial charge in [0.15, 0.2) is 11.5 Å². The Morgan fingerprint density at radius 1 is 0.909 bits per heavy atom. The van der Waals surface area contributed by atoms with Gasteiger partial charge in [0, 0.05) is 10.5 Å². The van der Waals surface area contributed by atoms with E-state index in [9.17, 15) is 0 Å². The molecule has 230 valence electrons. The van der Waals surface area contributed by atoms with Gasteiger partial charge in [-0.1, -0.05) is 109 Å². The van der Waals surface area contributed by atoms with Crippen LogP contribution in [0.15, 0.2) is 102 Å². The quantitative estimate of drug-likeness (QED) is 0.179. The van der Waals surface area contributed by atoms with Crippen LogP contribution >= 0.6 is 15.9 Å². The van der Waals surface area contributed by atoms with Crippen LogP contribution in [0.2, 0.25) is 5.04 Å². The topological polar surface area (TPSA) is 30.9 Å². The molecule has 8 heteroatoms. The second-order valence-corrected chi connectivity index (χ2v) is 18.0. The van der Waals surface area contributed by atoms with Crippen LogP contribution in [0.4, 0.5) is 8.78 Å². The van der Waals surface area contributed by atoms with Crippen molar-refractivity contribution in [3.8, 4) is 11.5 Å². The molecule has 2 heterocycles. The van der Waals surface area contributed by atoms with Crippen molar-refractivity contribution in [2.75, 3.05) is 19.9 Å². The summed E-state index contributed by atoms with van der Waals surface area (Å²) in [6.07, 6.45) is 0.494. The van der Waals surface area contributed by atoms with Gasteiger partial charge in [-0.25, -0.2) is 8.78 Å². The van der Waals surface area contributed by atoms with Crippen LogP contribution in [0.3, 0.4) is 0 Å². The van der Waals surface area contributed by atoms with E-state index in [1.165, 1.54) is 0 Å². The highest BCUT2D eigenvalue weighted by Crippen LogP contribution is 2.45. The number of benzene rings is 4. The molecule has 6 rings (SSSR count). The molecule has 4 aromatic carbocycles. The predicted molar refractivity (Wildman–Crippen MR) is 177 cm³/mol. The lowest BCUT2D eigenvalue weighted by Crippen LogP contribution is -2.67. The van der Waals surface area contributed by atoms with Crippen LogP contribution in [-0.2, 0) is 10.8 Å². The van der Waals surface area contributed by atoms with Crippen molar-refractivity contribution in [1.29, 1.82) is 0 Å². The van der Waals surface area contributed by atoms with E-state index in [1.807, 2.05) is 96.8 Å². The second-order valence-electron chi connectivity index (χ2n) is 12.8. The van der Waals surface area contributed by atoms with E-state index >= 15 is 8.78 Å². The number of nitrogens with zero attached hydrogens (tertiary/aromatic N) is 1. The van der Waals surface area contributed by atoms with Gasteiger partial charge in [0.25, 0.3) is 14.2 Å². The van der Waals surface area contributed by atoms with E-state index in [0.29, 0.717) is 12.2 Å². The summed E-state index contributed by atoms with van der Waals surface area (Å²) in [6.45, 7) is 4.66. The summed E-state index contributed by atoms with van der Waals surface area (Å²) in [5.74, 6) is -2.61. The van der Waals surface area contributed by atoms with Crippen LogP contribution in [0.5, 0.6) is 11.5 Å². The molecule has 0 radical (unpaired) electrons. The highest BCUT2D eigenvalue weighted by atomic mass is 79.9. The van der Waals surface area contributed by atoms with Gasteiger partial charge in [-0.05, 0) is 69.7 Å². The zero-order valence-electron chi connectivity index (χ0n) is 27.3. The zero-order chi connectivity index (χ0) is 32.9. The van der Waals surface area contributed by atoms with Crippen LogP contribution in [0, 0.1) is 0 Å². The molecule has 0 saturated carbocycles. The van der Waals surface area contributed by atoms with Gasteiger partial charge in [-0.3, -0.25) is 4.90 Å². The summed E-state index contributed by atoms with van der Waals surface area (Å²) >= 11 is 3.50. The lowest BCUT2D eigenvalue weighted by Gasteiger charge is -2.45. The first-order chi connectivity index (χ1) is 21.7. The monoisotopic (exact) mass is 679 g/mol. The Morgan fingerprint density at radius 2 is 1.48 bits per heavy atom. The molecule has 0 amide bonds. The average Bonchev–Trinajstić information content (AvgIpc) is 3.30. The van der Waals surface area contributed by atoms with Crippen molar-refractivity contribution in [1.82, 2.24) is 4.90 Å². The molecule has 44 heavy (non-hydrogen) atoms. The van der Waals surface area contributed by atoms with Crippen molar-refractivity contribution in [3.63, 3.8) is 0 Å². The number of fused-ring (bicyclic) bond motifs is 2. The molecular weight excluding hydrogens is 640 g/mol. The number of hydrogen-bond acceptors (Lipinski definition) is 4. The molecule has 0 N–H and O–H groups in total. The third kappa shape index (κ3) is 5.85. The highest BCUT2D eigenvalue weighted by molar-refractivity contribution is 9.10. The molecule has 0 bridgehead atoms. The smallest absolute Gasteiger partial charge is 0.282 e. The van der Waals surface area contributed by atoms with Crippen molar-refractivity contribution in [2.24, 2.45) is 0 Å². The number of halogens is 3. The maximum Gasteiger partial charge on any atom is 0.282 e. The van der Waals surface area contributed by atoms with Gasteiger partial charge in [0.1, 0.15) is 2.74 Å². The predicted octanol–water partition coefficient (Wildman–Crippen LogP) is 7.73. The molecule has 0 saturated heterocycles. The van der Waals surface area contributed by atoms with E-state index in [0.717, 1.165) is 31.5 Å². The lowest BCUT2D eigenvalue weighted by molar-refractivity contribution is -0.0818. The fourth-order valence-corrected chi connectivity index (χ4v) is 11.6. The summed E-state index contributed by atoms with van der Waals surface area (Å²) in [7, 11) is -3.18. The van der Waals surface area contributed by atoms with Crippen LogP contribution in [-0.4, -0.2) is 45.1 Å². The Morgan fingerprint density at radius 3 is 2.05 bits per heavy atom. The van der Waals surface area contributed by atoms with Gasteiger partial charge in [-0.2, -0.15) is 0 Å². The minimum atomic E-state index is -3.19. The normalized spacial score (nSPS) is 20.5. The number of ether oxygens (including phenoxy) is 2.